The van der Waals surface area contributed by atoms with Crippen LogP contribution in [0.3, 0.4) is 0 Å². The Balaban J connectivity index is 2.37. The Kier molecular flexibility index (Phi) is 7.46. The van der Waals surface area contributed by atoms with Gasteiger partial charge in [0.05, 0.1) is 12.6 Å². The van der Waals surface area contributed by atoms with Crippen LogP contribution < -0.4 is 10.1 Å². The molecule has 0 aliphatic heterocycles. The van der Waals surface area contributed by atoms with Crippen molar-refractivity contribution in [2.45, 2.75) is 39.2 Å². The van der Waals surface area contributed by atoms with Crippen LogP contribution in [0, 0.1) is 0 Å². The molecule has 0 saturated carbocycles. The van der Waals surface area contributed by atoms with E-state index in [0.29, 0.717) is 6.61 Å². The lowest BCUT2D eigenvalue weighted by Crippen LogP contribution is -2.38. The molecule has 3 nitrogen and oxygen atoms in total. The van der Waals surface area contributed by atoms with Crippen molar-refractivity contribution in [1.29, 1.82) is 0 Å². The molecule has 0 saturated heterocycles. The highest BCUT2D eigenvalue weighted by Crippen LogP contribution is 2.13. The van der Waals surface area contributed by atoms with Crippen molar-refractivity contribution >= 4 is 0 Å². The van der Waals surface area contributed by atoms with Gasteiger partial charge in [-0.15, -0.1) is 0 Å². The highest BCUT2D eigenvalue weighted by atomic mass is 16.5. The first-order chi connectivity index (χ1) is 8.80. The van der Waals surface area contributed by atoms with Gasteiger partial charge in [-0.05, 0) is 37.1 Å². The van der Waals surface area contributed by atoms with Crippen LogP contribution in [0.5, 0.6) is 5.75 Å². The molecular weight excluding hydrogens is 226 g/mol. The summed E-state index contributed by atoms with van der Waals surface area (Å²) in [5.74, 6) is 0.867. The van der Waals surface area contributed by atoms with Gasteiger partial charge in [0.1, 0.15) is 12.4 Å². The first-order valence-electron chi connectivity index (χ1n) is 6.86. The molecule has 0 fully saturated rings. The van der Waals surface area contributed by atoms with Gasteiger partial charge in [0.25, 0.3) is 0 Å². The van der Waals surface area contributed by atoms with Crippen LogP contribution in [0.4, 0.5) is 0 Å². The number of nitrogens with one attached hydrogen (secondary N) is 1. The molecule has 0 radical (unpaired) electrons. The summed E-state index contributed by atoms with van der Waals surface area (Å²) >= 11 is 0. The maximum Gasteiger partial charge on any atom is 0.119 e. The van der Waals surface area contributed by atoms with Crippen LogP contribution in [0.15, 0.2) is 24.3 Å². The van der Waals surface area contributed by atoms with E-state index in [-0.39, 0.29) is 12.6 Å². The van der Waals surface area contributed by atoms with Crippen LogP contribution in [0.2, 0.25) is 0 Å². The molecule has 1 aromatic rings. The Bertz CT molecular complexity index is 311. The lowest BCUT2D eigenvalue weighted by Gasteiger charge is -2.16. The Morgan fingerprint density at radius 2 is 1.89 bits per heavy atom. The molecule has 0 spiro atoms. The van der Waals surface area contributed by atoms with E-state index in [0.717, 1.165) is 31.6 Å². The topological polar surface area (TPSA) is 41.5 Å². The number of hydrogen-bond acceptors (Lipinski definition) is 3. The lowest BCUT2D eigenvalue weighted by atomic mass is 10.1. The molecule has 0 bridgehead atoms. The summed E-state index contributed by atoms with van der Waals surface area (Å²) in [6, 6.07) is 8.22. The fraction of sp³-hybridized carbons (Fsp3) is 0.600. The van der Waals surface area contributed by atoms with Gasteiger partial charge in [-0.25, -0.2) is 0 Å². The van der Waals surface area contributed by atoms with E-state index in [2.05, 4.69) is 31.3 Å². The van der Waals surface area contributed by atoms with Gasteiger partial charge in [0.2, 0.25) is 0 Å². The summed E-state index contributed by atoms with van der Waals surface area (Å²) in [7, 11) is 0. The summed E-state index contributed by atoms with van der Waals surface area (Å²) in [4.78, 5) is 0. The molecule has 0 aliphatic rings. The number of benzene rings is 1. The average Bonchev–Trinajstić information content (AvgIpc) is 2.41. The third kappa shape index (κ3) is 5.52. The minimum absolute atomic E-state index is 0.0141. The molecule has 1 unspecified atom stereocenters. The maximum atomic E-state index is 9.20. The molecule has 1 atom stereocenters. The van der Waals surface area contributed by atoms with Gasteiger partial charge in [0.15, 0.2) is 0 Å². The Morgan fingerprint density at radius 1 is 1.17 bits per heavy atom. The monoisotopic (exact) mass is 251 g/mol. The third-order valence-electron chi connectivity index (χ3n) is 2.82. The van der Waals surface area contributed by atoms with Gasteiger partial charge in [-0.2, -0.15) is 0 Å². The highest BCUT2D eigenvalue weighted by Gasteiger charge is 2.06. The normalized spacial score (nSPS) is 12.4. The molecule has 0 heterocycles. The third-order valence-corrected chi connectivity index (χ3v) is 2.82. The van der Waals surface area contributed by atoms with Crippen LogP contribution in [-0.2, 0) is 6.42 Å². The van der Waals surface area contributed by atoms with E-state index < -0.39 is 0 Å². The molecule has 0 aromatic heterocycles. The first-order valence-corrected chi connectivity index (χ1v) is 6.86. The predicted molar refractivity (Wildman–Crippen MR) is 75.1 cm³/mol. The van der Waals surface area contributed by atoms with Crippen LogP contribution in [-0.4, -0.2) is 30.9 Å². The van der Waals surface area contributed by atoms with Crippen LogP contribution >= 0.6 is 0 Å². The maximum absolute atomic E-state index is 9.20. The second kappa shape index (κ2) is 8.95. The average molecular weight is 251 g/mol. The summed E-state index contributed by atoms with van der Waals surface area (Å²) < 4.78 is 5.67. The van der Waals surface area contributed by atoms with E-state index in [1.165, 1.54) is 5.56 Å². The molecule has 18 heavy (non-hydrogen) atoms. The Morgan fingerprint density at radius 3 is 2.44 bits per heavy atom. The largest absolute Gasteiger partial charge is 0.492 e. The first kappa shape index (κ1) is 15.0. The van der Waals surface area contributed by atoms with Crippen molar-refractivity contribution in [3.05, 3.63) is 29.8 Å². The summed E-state index contributed by atoms with van der Waals surface area (Å²) in [5, 5.41) is 12.4. The van der Waals surface area contributed by atoms with Crippen molar-refractivity contribution < 1.29 is 9.84 Å². The van der Waals surface area contributed by atoms with Gasteiger partial charge in [0, 0.05) is 0 Å². The molecule has 3 heteroatoms. The van der Waals surface area contributed by atoms with E-state index >= 15 is 0 Å². The number of ether oxygens (including phenoxy) is 1. The van der Waals surface area contributed by atoms with Crippen molar-refractivity contribution in [2.75, 3.05) is 19.8 Å². The van der Waals surface area contributed by atoms with Crippen molar-refractivity contribution in [3.8, 4) is 5.75 Å². The van der Waals surface area contributed by atoms with E-state index in [9.17, 15) is 5.11 Å². The SMILES string of the molecule is CCCNC(CO)COc1ccc(CCC)cc1. The molecule has 1 rings (SSSR count). The molecule has 0 amide bonds. The second-order valence-electron chi connectivity index (χ2n) is 4.54. The highest BCUT2D eigenvalue weighted by molar-refractivity contribution is 5.27. The van der Waals surface area contributed by atoms with E-state index in [4.69, 9.17) is 4.74 Å². The van der Waals surface area contributed by atoms with Gasteiger partial charge in [-0.3, -0.25) is 0 Å². The zero-order valence-electron chi connectivity index (χ0n) is 11.5. The predicted octanol–water partition coefficient (Wildman–Crippen LogP) is 2.38. The van der Waals surface area contributed by atoms with Crippen molar-refractivity contribution in [1.82, 2.24) is 5.32 Å². The van der Waals surface area contributed by atoms with Crippen molar-refractivity contribution in [2.24, 2.45) is 0 Å². The Labute approximate surface area is 110 Å². The van der Waals surface area contributed by atoms with E-state index in [1.54, 1.807) is 0 Å². The second-order valence-corrected chi connectivity index (χ2v) is 4.54. The summed E-state index contributed by atoms with van der Waals surface area (Å²) in [6.07, 6.45) is 3.33. The standard InChI is InChI=1S/C15H25NO2/c1-3-5-13-6-8-15(9-7-13)18-12-14(11-17)16-10-4-2/h6-9,14,16-17H,3-5,10-12H2,1-2H3. The zero-order valence-corrected chi connectivity index (χ0v) is 11.5. The fourth-order valence-corrected chi connectivity index (χ4v) is 1.76. The van der Waals surface area contributed by atoms with Gasteiger partial charge in [-0.1, -0.05) is 32.4 Å². The van der Waals surface area contributed by atoms with Gasteiger partial charge < -0.3 is 15.2 Å². The minimum Gasteiger partial charge on any atom is -0.492 e. The summed E-state index contributed by atoms with van der Waals surface area (Å²) in [5.41, 5.74) is 1.34. The molecular formula is C15H25NO2. The quantitative estimate of drug-likeness (QED) is 0.708. The number of aliphatic hydroxyl groups excluding tert-OH is 1. The fourth-order valence-electron chi connectivity index (χ4n) is 1.76. The molecule has 0 aliphatic carbocycles. The molecule has 102 valence electrons. The van der Waals surface area contributed by atoms with E-state index in [1.807, 2.05) is 12.1 Å². The zero-order chi connectivity index (χ0) is 13.2. The number of hydrogen-bond donors (Lipinski definition) is 2. The lowest BCUT2D eigenvalue weighted by molar-refractivity contribution is 0.183. The molecule has 2 N–H and O–H groups in total. The Hall–Kier alpha value is -1.06. The number of aryl methyl sites for hydroxylation is 1. The number of aliphatic hydroxyl groups is 1. The molecule has 1 aromatic carbocycles. The van der Waals surface area contributed by atoms with Crippen LogP contribution in [0.1, 0.15) is 32.3 Å². The van der Waals surface area contributed by atoms with Crippen molar-refractivity contribution in [3.63, 3.8) is 0 Å². The minimum atomic E-state index is 0.0141. The summed E-state index contributed by atoms with van der Waals surface area (Å²) in [6.45, 7) is 5.80. The van der Waals surface area contributed by atoms with Crippen LogP contribution in [0.25, 0.3) is 0 Å². The van der Waals surface area contributed by atoms with Gasteiger partial charge >= 0.3 is 0 Å². The smallest absolute Gasteiger partial charge is 0.119 e. The number of rotatable bonds is 9.